The number of unbranched alkanes of at least 4 members (excludes halogenated alkanes) is 4. The highest BCUT2D eigenvalue weighted by molar-refractivity contribution is 5.30. The molecule has 0 saturated heterocycles. The predicted molar refractivity (Wildman–Crippen MR) is 82.7 cm³/mol. The number of hydrogen-bond acceptors (Lipinski definition) is 2. The van der Waals surface area contributed by atoms with Crippen molar-refractivity contribution in [3.63, 3.8) is 0 Å². The van der Waals surface area contributed by atoms with Crippen LogP contribution in [-0.4, -0.2) is 13.2 Å². The molecule has 1 unspecified atom stereocenters. The molecule has 1 aromatic rings. The first-order valence-corrected chi connectivity index (χ1v) is 7.84. The SMILES string of the molecule is CCCCCCCOc1ccc(C(C)NCC)cc1F. The van der Waals surface area contributed by atoms with Gasteiger partial charge in [-0.3, -0.25) is 0 Å². The van der Waals surface area contributed by atoms with Crippen molar-refractivity contribution in [2.24, 2.45) is 0 Å². The molecule has 1 N–H and O–H groups in total. The van der Waals surface area contributed by atoms with Crippen LogP contribution in [0.2, 0.25) is 0 Å². The maximum absolute atomic E-state index is 13.9. The standard InChI is InChI=1S/C17H28FNO/c1-4-6-7-8-9-12-20-17-11-10-15(13-16(17)18)14(3)19-5-2/h10-11,13-14,19H,4-9,12H2,1-3H3. The molecule has 3 heteroatoms. The van der Waals surface area contributed by atoms with Gasteiger partial charge in [0.15, 0.2) is 11.6 Å². The molecule has 0 aliphatic heterocycles. The fraction of sp³-hybridized carbons (Fsp3) is 0.647. The number of nitrogens with one attached hydrogen (secondary N) is 1. The van der Waals surface area contributed by atoms with E-state index in [-0.39, 0.29) is 11.9 Å². The van der Waals surface area contributed by atoms with E-state index in [1.54, 1.807) is 12.1 Å². The highest BCUT2D eigenvalue weighted by atomic mass is 19.1. The van der Waals surface area contributed by atoms with Crippen molar-refractivity contribution in [3.05, 3.63) is 29.6 Å². The molecule has 0 bridgehead atoms. The number of halogens is 1. The second kappa shape index (κ2) is 9.76. The van der Waals surface area contributed by atoms with Gasteiger partial charge >= 0.3 is 0 Å². The monoisotopic (exact) mass is 281 g/mol. The Morgan fingerprint density at radius 1 is 1.15 bits per heavy atom. The summed E-state index contributed by atoms with van der Waals surface area (Å²) >= 11 is 0. The highest BCUT2D eigenvalue weighted by Crippen LogP contribution is 2.22. The largest absolute Gasteiger partial charge is 0.491 e. The number of ether oxygens (including phenoxy) is 1. The summed E-state index contributed by atoms with van der Waals surface area (Å²) in [6.07, 6.45) is 5.90. The van der Waals surface area contributed by atoms with Crippen LogP contribution in [0.25, 0.3) is 0 Å². The van der Waals surface area contributed by atoms with Gasteiger partial charge in [0.2, 0.25) is 0 Å². The van der Waals surface area contributed by atoms with Gasteiger partial charge in [-0.15, -0.1) is 0 Å². The molecule has 0 aliphatic rings. The summed E-state index contributed by atoms with van der Waals surface area (Å²) in [5.74, 6) is 0.105. The van der Waals surface area contributed by atoms with Crippen LogP contribution in [0, 0.1) is 5.82 Å². The molecule has 0 aliphatic carbocycles. The Morgan fingerprint density at radius 2 is 1.90 bits per heavy atom. The lowest BCUT2D eigenvalue weighted by atomic mass is 10.1. The number of benzene rings is 1. The number of hydrogen-bond donors (Lipinski definition) is 1. The quantitative estimate of drug-likeness (QED) is 0.619. The molecule has 0 aromatic heterocycles. The fourth-order valence-corrected chi connectivity index (χ4v) is 2.22. The zero-order valence-corrected chi connectivity index (χ0v) is 13.0. The van der Waals surface area contributed by atoms with Crippen molar-refractivity contribution >= 4 is 0 Å². The third-order valence-electron chi connectivity index (χ3n) is 3.47. The Bertz CT molecular complexity index is 381. The third-order valence-corrected chi connectivity index (χ3v) is 3.47. The second-order valence-corrected chi connectivity index (χ2v) is 5.23. The Labute approximate surface area is 122 Å². The van der Waals surface area contributed by atoms with E-state index >= 15 is 0 Å². The summed E-state index contributed by atoms with van der Waals surface area (Å²) in [6, 6.07) is 5.41. The zero-order valence-electron chi connectivity index (χ0n) is 13.0. The molecule has 1 aromatic carbocycles. The molecular formula is C17H28FNO. The van der Waals surface area contributed by atoms with Gasteiger partial charge in [-0.1, -0.05) is 45.6 Å². The Balaban J connectivity index is 2.39. The van der Waals surface area contributed by atoms with Crippen LogP contribution in [0.3, 0.4) is 0 Å². The first-order chi connectivity index (χ1) is 9.69. The van der Waals surface area contributed by atoms with Crippen molar-refractivity contribution in [2.45, 2.75) is 58.9 Å². The van der Waals surface area contributed by atoms with Gasteiger partial charge in [-0.25, -0.2) is 4.39 Å². The molecule has 114 valence electrons. The summed E-state index contributed by atoms with van der Waals surface area (Å²) < 4.78 is 19.4. The van der Waals surface area contributed by atoms with Crippen LogP contribution in [0.5, 0.6) is 5.75 Å². The van der Waals surface area contributed by atoms with Gasteiger partial charge in [0.05, 0.1) is 6.61 Å². The average molecular weight is 281 g/mol. The molecule has 1 atom stereocenters. The minimum absolute atomic E-state index is 0.164. The first kappa shape index (κ1) is 17.0. The average Bonchev–Trinajstić information content (AvgIpc) is 2.44. The van der Waals surface area contributed by atoms with Crippen molar-refractivity contribution in [3.8, 4) is 5.75 Å². The molecule has 1 rings (SSSR count). The fourth-order valence-electron chi connectivity index (χ4n) is 2.22. The van der Waals surface area contributed by atoms with Crippen molar-refractivity contribution < 1.29 is 9.13 Å². The van der Waals surface area contributed by atoms with E-state index in [0.29, 0.717) is 12.4 Å². The summed E-state index contributed by atoms with van der Waals surface area (Å²) in [6.45, 7) is 7.75. The van der Waals surface area contributed by atoms with Crippen molar-refractivity contribution in [2.75, 3.05) is 13.2 Å². The molecule has 0 saturated carbocycles. The van der Waals surface area contributed by atoms with Crippen LogP contribution >= 0.6 is 0 Å². The smallest absolute Gasteiger partial charge is 0.165 e. The van der Waals surface area contributed by atoms with Crippen LogP contribution in [0.1, 0.15) is 64.5 Å². The van der Waals surface area contributed by atoms with Gasteiger partial charge in [0.1, 0.15) is 0 Å². The van der Waals surface area contributed by atoms with E-state index < -0.39 is 0 Å². The minimum atomic E-state index is -0.263. The van der Waals surface area contributed by atoms with Crippen molar-refractivity contribution in [1.29, 1.82) is 0 Å². The third kappa shape index (κ3) is 5.91. The Kier molecular flexibility index (Phi) is 8.28. The normalized spacial score (nSPS) is 12.4. The molecule has 0 amide bonds. The van der Waals surface area contributed by atoms with E-state index in [1.807, 2.05) is 19.9 Å². The molecule has 0 spiro atoms. The molecule has 0 radical (unpaired) electrons. The van der Waals surface area contributed by atoms with Crippen LogP contribution in [-0.2, 0) is 0 Å². The van der Waals surface area contributed by atoms with Gasteiger partial charge in [-0.2, -0.15) is 0 Å². The maximum Gasteiger partial charge on any atom is 0.165 e. The van der Waals surface area contributed by atoms with Gasteiger partial charge in [-0.05, 0) is 37.6 Å². The second-order valence-electron chi connectivity index (χ2n) is 5.23. The molecule has 0 heterocycles. The summed E-state index contributed by atoms with van der Waals surface area (Å²) in [7, 11) is 0. The van der Waals surface area contributed by atoms with Crippen LogP contribution in [0.15, 0.2) is 18.2 Å². The van der Waals surface area contributed by atoms with Crippen molar-refractivity contribution in [1.82, 2.24) is 5.32 Å². The van der Waals surface area contributed by atoms with Crippen LogP contribution in [0.4, 0.5) is 4.39 Å². The lowest BCUT2D eigenvalue weighted by Gasteiger charge is -2.14. The predicted octanol–water partition coefficient (Wildman–Crippen LogP) is 4.85. The van der Waals surface area contributed by atoms with Gasteiger partial charge < -0.3 is 10.1 Å². The molecule has 20 heavy (non-hydrogen) atoms. The molecule has 2 nitrogen and oxygen atoms in total. The van der Waals surface area contributed by atoms with E-state index in [0.717, 1.165) is 24.9 Å². The maximum atomic E-state index is 13.9. The minimum Gasteiger partial charge on any atom is -0.491 e. The van der Waals surface area contributed by atoms with E-state index in [1.165, 1.54) is 19.3 Å². The lowest BCUT2D eigenvalue weighted by Crippen LogP contribution is -2.17. The topological polar surface area (TPSA) is 21.3 Å². The zero-order chi connectivity index (χ0) is 14.8. The number of rotatable bonds is 10. The van der Waals surface area contributed by atoms with E-state index in [9.17, 15) is 4.39 Å². The first-order valence-electron chi connectivity index (χ1n) is 7.84. The highest BCUT2D eigenvalue weighted by Gasteiger charge is 2.09. The molecular weight excluding hydrogens is 253 g/mol. The lowest BCUT2D eigenvalue weighted by molar-refractivity contribution is 0.290. The molecule has 0 fully saturated rings. The Morgan fingerprint density at radius 3 is 2.55 bits per heavy atom. The van der Waals surface area contributed by atoms with E-state index in [4.69, 9.17) is 4.74 Å². The Hall–Kier alpha value is -1.09. The summed E-state index contributed by atoms with van der Waals surface area (Å²) in [5, 5.41) is 3.27. The summed E-state index contributed by atoms with van der Waals surface area (Å²) in [4.78, 5) is 0. The van der Waals surface area contributed by atoms with E-state index in [2.05, 4.69) is 12.2 Å². The summed E-state index contributed by atoms with van der Waals surface area (Å²) in [5.41, 5.74) is 0.958. The van der Waals surface area contributed by atoms with Gasteiger partial charge in [0, 0.05) is 6.04 Å². The van der Waals surface area contributed by atoms with Gasteiger partial charge in [0.25, 0.3) is 0 Å². The van der Waals surface area contributed by atoms with Crippen LogP contribution < -0.4 is 10.1 Å².